The minimum absolute atomic E-state index is 0.000284. The number of benzene rings is 1. The number of fused-ring (bicyclic) bond motifs is 2. The van der Waals surface area contributed by atoms with E-state index < -0.39 is 6.10 Å². The smallest absolute Gasteiger partial charge is 0.321 e. The quantitative estimate of drug-likeness (QED) is 0.515. The molecule has 33 heavy (non-hydrogen) atoms. The number of carbonyl (C=O) groups is 1. The monoisotopic (exact) mass is 471 g/mol. The van der Waals surface area contributed by atoms with Crippen LogP contribution in [0, 0.1) is 17.7 Å². The van der Waals surface area contributed by atoms with Crippen LogP contribution in [0.25, 0.3) is 11.3 Å². The Kier molecular flexibility index (Phi) is 5.57. The highest BCUT2D eigenvalue weighted by molar-refractivity contribution is 7.16. The maximum atomic E-state index is 13.3. The van der Waals surface area contributed by atoms with E-state index in [0.717, 1.165) is 28.4 Å². The molecule has 3 aromatic rings. The lowest BCUT2D eigenvalue weighted by atomic mass is 10.1. The van der Waals surface area contributed by atoms with Crippen molar-refractivity contribution in [2.45, 2.75) is 45.4 Å². The first-order valence-corrected chi connectivity index (χ1v) is 11.9. The Morgan fingerprint density at radius 2 is 2.12 bits per heavy atom. The van der Waals surface area contributed by atoms with E-state index in [1.165, 1.54) is 23.5 Å². The molecule has 1 aliphatic heterocycles. The van der Waals surface area contributed by atoms with Gasteiger partial charge in [0.15, 0.2) is 16.7 Å². The fourth-order valence-electron chi connectivity index (χ4n) is 4.66. The van der Waals surface area contributed by atoms with Crippen molar-refractivity contribution in [3.63, 3.8) is 0 Å². The van der Waals surface area contributed by atoms with Crippen molar-refractivity contribution in [1.82, 2.24) is 15.5 Å². The van der Waals surface area contributed by atoms with Crippen molar-refractivity contribution >= 4 is 28.3 Å². The standard InChI is InChI=1S/C23H26FN5O3S/c1-11(30)10-25-22(31)27-23-26-17-8-16-12(2)20(16)29(13(3)21(17)33-23)19-9-18(32-28-19)14-4-6-15(24)7-5-14/h4-7,9,11-13,16,20,30H,8,10H2,1-3H3,(H2,25,26,27,31)/t11-,12+,13+,16?,20-/m1/s1. The second-order valence-electron chi connectivity index (χ2n) is 8.87. The first-order valence-electron chi connectivity index (χ1n) is 11.1. The van der Waals surface area contributed by atoms with Crippen LogP contribution in [0.1, 0.15) is 37.4 Å². The third kappa shape index (κ3) is 4.20. The normalized spacial score (nSPS) is 24.5. The minimum Gasteiger partial charge on any atom is -0.392 e. The summed E-state index contributed by atoms with van der Waals surface area (Å²) in [5.41, 5.74) is 1.77. The predicted molar refractivity (Wildman–Crippen MR) is 124 cm³/mol. The molecule has 1 fully saturated rings. The lowest BCUT2D eigenvalue weighted by molar-refractivity contribution is 0.190. The first kappa shape index (κ1) is 21.8. The molecular formula is C23H26FN5O3S. The Bertz CT molecular complexity index is 1160. The van der Waals surface area contributed by atoms with Gasteiger partial charge in [0, 0.05) is 24.2 Å². The maximum absolute atomic E-state index is 13.3. The topological polar surface area (TPSA) is 104 Å². The Hall–Kier alpha value is -2.98. The van der Waals surface area contributed by atoms with Crippen LogP contribution in [0.5, 0.6) is 0 Å². The molecule has 0 spiro atoms. The zero-order valence-corrected chi connectivity index (χ0v) is 19.4. The number of nitrogens with zero attached hydrogens (tertiary/aromatic N) is 3. The van der Waals surface area contributed by atoms with E-state index in [9.17, 15) is 14.3 Å². The summed E-state index contributed by atoms with van der Waals surface area (Å²) in [7, 11) is 0. The Balaban J connectivity index is 1.40. The molecule has 1 unspecified atom stereocenters. The highest BCUT2D eigenvalue weighted by Crippen LogP contribution is 2.54. The van der Waals surface area contributed by atoms with Crippen LogP contribution in [0.4, 0.5) is 20.1 Å². The number of rotatable bonds is 5. The highest BCUT2D eigenvalue weighted by atomic mass is 32.1. The molecule has 0 bridgehead atoms. The van der Waals surface area contributed by atoms with Crippen LogP contribution in [-0.4, -0.2) is 40.0 Å². The van der Waals surface area contributed by atoms with Crippen molar-refractivity contribution in [3.05, 3.63) is 46.7 Å². The molecule has 1 aliphatic carbocycles. The van der Waals surface area contributed by atoms with Crippen LogP contribution in [-0.2, 0) is 6.42 Å². The molecule has 2 aromatic heterocycles. The fourth-order valence-corrected chi connectivity index (χ4v) is 5.70. The molecule has 0 radical (unpaired) electrons. The number of aliphatic hydroxyl groups excluding tert-OH is 1. The van der Waals surface area contributed by atoms with Gasteiger partial charge in [-0.2, -0.15) is 0 Å². The van der Waals surface area contributed by atoms with Gasteiger partial charge in [-0.15, -0.1) is 0 Å². The van der Waals surface area contributed by atoms with Crippen molar-refractivity contribution < 1.29 is 18.8 Å². The molecule has 10 heteroatoms. The van der Waals surface area contributed by atoms with Crippen LogP contribution in [0.3, 0.4) is 0 Å². The van der Waals surface area contributed by atoms with Gasteiger partial charge in [-0.25, -0.2) is 14.2 Å². The number of anilines is 2. The molecule has 3 heterocycles. The molecular weight excluding hydrogens is 445 g/mol. The third-order valence-corrected chi connectivity index (χ3v) is 7.64. The molecule has 5 rings (SSSR count). The van der Waals surface area contributed by atoms with E-state index in [1.54, 1.807) is 19.1 Å². The summed E-state index contributed by atoms with van der Waals surface area (Å²) >= 11 is 1.46. The molecule has 3 N–H and O–H groups in total. The van der Waals surface area contributed by atoms with E-state index in [0.29, 0.717) is 28.8 Å². The number of hydrogen-bond acceptors (Lipinski definition) is 7. The summed E-state index contributed by atoms with van der Waals surface area (Å²) in [6.07, 6.45) is 0.228. The van der Waals surface area contributed by atoms with Gasteiger partial charge in [-0.05, 0) is 56.4 Å². The van der Waals surface area contributed by atoms with Gasteiger partial charge in [0.2, 0.25) is 0 Å². The van der Waals surface area contributed by atoms with Gasteiger partial charge in [-0.1, -0.05) is 23.4 Å². The molecule has 1 saturated carbocycles. The summed E-state index contributed by atoms with van der Waals surface area (Å²) in [6.45, 7) is 6.13. The summed E-state index contributed by atoms with van der Waals surface area (Å²) in [4.78, 5) is 20.2. The van der Waals surface area contributed by atoms with Crippen molar-refractivity contribution in [2.24, 2.45) is 11.8 Å². The largest absolute Gasteiger partial charge is 0.392 e. The number of aliphatic hydroxyl groups is 1. The summed E-state index contributed by atoms with van der Waals surface area (Å²) in [6, 6.07) is 8.01. The number of nitrogens with one attached hydrogen (secondary N) is 2. The van der Waals surface area contributed by atoms with Gasteiger partial charge in [0.25, 0.3) is 0 Å². The van der Waals surface area contributed by atoms with Crippen molar-refractivity contribution in [2.75, 3.05) is 16.8 Å². The zero-order valence-electron chi connectivity index (χ0n) is 18.6. The average molecular weight is 472 g/mol. The van der Waals surface area contributed by atoms with Crippen molar-refractivity contribution in [3.8, 4) is 11.3 Å². The van der Waals surface area contributed by atoms with E-state index >= 15 is 0 Å². The van der Waals surface area contributed by atoms with Crippen molar-refractivity contribution in [1.29, 1.82) is 0 Å². The van der Waals surface area contributed by atoms with E-state index in [1.807, 2.05) is 6.07 Å². The van der Waals surface area contributed by atoms with Gasteiger partial charge in [0.1, 0.15) is 5.82 Å². The van der Waals surface area contributed by atoms with E-state index in [2.05, 4.69) is 34.5 Å². The third-order valence-electron chi connectivity index (χ3n) is 6.46. The second-order valence-corrected chi connectivity index (χ2v) is 9.90. The van der Waals surface area contributed by atoms with Gasteiger partial charge < -0.3 is 19.8 Å². The Morgan fingerprint density at radius 1 is 1.36 bits per heavy atom. The van der Waals surface area contributed by atoms with E-state index in [4.69, 9.17) is 9.51 Å². The summed E-state index contributed by atoms with van der Waals surface area (Å²) in [5, 5.41) is 19.7. The number of carbonyl (C=O) groups excluding carboxylic acids is 1. The SMILES string of the molecule is C[C@@H](O)CNC(=O)Nc1nc2c(s1)[C@H](C)N(c1cc(-c3ccc(F)cc3)on1)[C@H]1C(C2)[C@@H]1C. The minimum atomic E-state index is -0.618. The average Bonchev–Trinajstić information content (AvgIpc) is 3.12. The van der Waals surface area contributed by atoms with E-state index in [-0.39, 0.29) is 24.4 Å². The first-order chi connectivity index (χ1) is 15.8. The molecule has 8 nitrogen and oxygen atoms in total. The highest BCUT2D eigenvalue weighted by Gasteiger charge is 2.55. The van der Waals surface area contributed by atoms with Gasteiger partial charge in [-0.3, -0.25) is 5.32 Å². The Morgan fingerprint density at radius 3 is 2.85 bits per heavy atom. The van der Waals surface area contributed by atoms with Crippen LogP contribution >= 0.6 is 11.3 Å². The lowest BCUT2D eigenvalue weighted by Crippen LogP contribution is -2.34. The van der Waals surface area contributed by atoms with Gasteiger partial charge in [0.05, 0.1) is 22.7 Å². The van der Waals surface area contributed by atoms with Crippen LogP contribution < -0.4 is 15.5 Å². The second kappa shape index (κ2) is 8.42. The number of amides is 2. The van der Waals surface area contributed by atoms with Gasteiger partial charge >= 0.3 is 6.03 Å². The molecule has 2 aliphatic rings. The molecule has 5 atom stereocenters. The van der Waals surface area contributed by atoms with Crippen LogP contribution in [0.2, 0.25) is 0 Å². The lowest BCUT2D eigenvalue weighted by Gasteiger charge is -2.28. The summed E-state index contributed by atoms with van der Waals surface area (Å²) in [5.74, 6) is 1.97. The number of urea groups is 1. The summed E-state index contributed by atoms with van der Waals surface area (Å²) < 4.78 is 18.9. The number of halogens is 1. The molecule has 2 amide bonds. The fraction of sp³-hybridized carbons (Fsp3) is 0.435. The molecule has 174 valence electrons. The maximum Gasteiger partial charge on any atom is 0.321 e. The predicted octanol–water partition coefficient (Wildman–Crippen LogP) is 4.20. The number of thiazole rings is 1. The Labute approximate surface area is 194 Å². The number of aromatic nitrogens is 2. The van der Waals surface area contributed by atoms with Crippen LogP contribution in [0.15, 0.2) is 34.9 Å². The zero-order chi connectivity index (χ0) is 23.3. The molecule has 0 saturated heterocycles. The number of hydrogen-bond donors (Lipinski definition) is 3. The molecule has 1 aromatic carbocycles.